The van der Waals surface area contributed by atoms with E-state index in [1.807, 2.05) is 0 Å². The fraction of sp³-hybridized carbons (Fsp3) is 0.143. The van der Waals surface area contributed by atoms with Crippen LogP contribution in [0.1, 0.15) is 4.11 Å². The summed E-state index contributed by atoms with van der Waals surface area (Å²) in [7, 11) is -2.67. The SMILES string of the molecule is [2H]C([2H])([2H])Oc1ccccc1[N+](=O)[O-]. The Morgan fingerprint density at radius 3 is 3.00 bits per heavy atom. The number of rotatable bonds is 2. The van der Waals surface area contributed by atoms with Crippen LogP contribution in [0.2, 0.25) is 0 Å². The van der Waals surface area contributed by atoms with Gasteiger partial charge in [-0.3, -0.25) is 10.1 Å². The van der Waals surface area contributed by atoms with Crippen LogP contribution in [0.25, 0.3) is 0 Å². The molecule has 0 fully saturated rings. The molecule has 4 heteroatoms. The smallest absolute Gasteiger partial charge is 0.310 e. The van der Waals surface area contributed by atoms with E-state index in [-0.39, 0.29) is 11.4 Å². The van der Waals surface area contributed by atoms with Crippen molar-refractivity contribution in [2.24, 2.45) is 0 Å². The molecule has 0 unspecified atom stereocenters. The highest BCUT2D eigenvalue weighted by molar-refractivity contribution is 5.45. The van der Waals surface area contributed by atoms with Crippen molar-refractivity contribution in [3.63, 3.8) is 0 Å². The van der Waals surface area contributed by atoms with E-state index >= 15 is 0 Å². The number of hydrogen-bond donors (Lipinski definition) is 0. The molecular weight excluding hydrogens is 146 g/mol. The lowest BCUT2D eigenvalue weighted by Crippen LogP contribution is -1.92. The van der Waals surface area contributed by atoms with Crippen molar-refractivity contribution in [2.75, 3.05) is 7.04 Å². The first kappa shape index (κ1) is 4.33. The van der Waals surface area contributed by atoms with Crippen LogP contribution >= 0.6 is 0 Å². The number of nitrogens with zero attached hydrogens (tertiary/aromatic N) is 1. The van der Waals surface area contributed by atoms with Gasteiger partial charge in [0.2, 0.25) is 0 Å². The lowest BCUT2D eigenvalue weighted by Gasteiger charge is -1.98. The standard InChI is InChI=1S/C7H7NO3/c1-11-7-5-3-2-4-6(7)8(9)10/h2-5H,1H3/i1D3. The lowest BCUT2D eigenvalue weighted by atomic mass is 10.3. The molecule has 0 saturated carbocycles. The van der Waals surface area contributed by atoms with Crippen LogP contribution in [-0.4, -0.2) is 12.0 Å². The van der Waals surface area contributed by atoms with Gasteiger partial charge in [-0.15, -0.1) is 0 Å². The van der Waals surface area contributed by atoms with Crippen LogP contribution in [0.15, 0.2) is 24.3 Å². The first-order valence-corrected chi connectivity index (χ1v) is 2.82. The highest BCUT2D eigenvalue weighted by atomic mass is 16.6. The summed E-state index contributed by atoms with van der Waals surface area (Å²) in [6.45, 7) is 0. The number of hydrogen-bond acceptors (Lipinski definition) is 3. The van der Waals surface area contributed by atoms with Crippen molar-refractivity contribution in [1.29, 1.82) is 0 Å². The third-order valence-corrected chi connectivity index (χ3v) is 1.17. The maximum Gasteiger partial charge on any atom is 0.310 e. The van der Waals surface area contributed by atoms with Gasteiger partial charge >= 0.3 is 5.69 Å². The van der Waals surface area contributed by atoms with Gasteiger partial charge in [0.15, 0.2) is 5.75 Å². The lowest BCUT2D eigenvalue weighted by molar-refractivity contribution is -0.385. The number of nitro groups is 1. The van der Waals surface area contributed by atoms with Crippen LogP contribution in [-0.2, 0) is 0 Å². The van der Waals surface area contributed by atoms with Gasteiger partial charge in [0.25, 0.3) is 0 Å². The van der Waals surface area contributed by atoms with Crippen molar-refractivity contribution in [3.05, 3.63) is 34.4 Å². The predicted octanol–water partition coefficient (Wildman–Crippen LogP) is 1.60. The van der Waals surface area contributed by atoms with Crippen LogP contribution < -0.4 is 4.74 Å². The largest absolute Gasteiger partial charge is 0.490 e. The third kappa shape index (κ3) is 1.46. The minimum atomic E-state index is -2.67. The molecule has 11 heavy (non-hydrogen) atoms. The van der Waals surface area contributed by atoms with E-state index in [1.165, 1.54) is 24.3 Å². The molecule has 0 aliphatic carbocycles. The van der Waals surface area contributed by atoms with Gasteiger partial charge < -0.3 is 4.74 Å². The Balaban J connectivity index is 3.02. The van der Waals surface area contributed by atoms with Crippen molar-refractivity contribution >= 4 is 5.69 Å². The summed E-state index contributed by atoms with van der Waals surface area (Å²) in [5.41, 5.74) is -0.358. The normalized spacial score (nSPS) is 14.4. The van der Waals surface area contributed by atoms with Gasteiger partial charge in [0.1, 0.15) is 0 Å². The summed E-state index contributed by atoms with van der Waals surface area (Å²) >= 11 is 0. The second-order valence-electron chi connectivity index (χ2n) is 1.83. The topological polar surface area (TPSA) is 52.4 Å². The molecule has 4 nitrogen and oxygen atoms in total. The monoisotopic (exact) mass is 156 g/mol. The van der Waals surface area contributed by atoms with Crippen LogP contribution in [0.4, 0.5) is 5.69 Å². The van der Waals surface area contributed by atoms with E-state index in [9.17, 15) is 10.1 Å². The molecule has 0 N–H and O–H groups in total. The number of nitro benzene ring substituents is 1. The predicted molar refractivity (Wildman–Crippen MR) is 39.6 cm³/mol. The zero-order valence-electron chi connectivity index (χ0n) is 8.48. The summed E-state index contributed by atoms with van der Waals surface area (Å²) in [5, 5.41) is 10.4. The first-order valence-electron chi connectivity index (χ1n) is 4.32. The number of para-hydroxylation sites is 2. The van der Waals surface area contributed by atoms with Crippen molar-refractivity contribution < 1.29 is 13.8 Å². The molecule has 0 heterocycles. The molecule has 0 radical (unpaired) electrons. The van der Waals surface area contributed by atoms with Crippen LogP contribution in [0.5, 0.6) is 5.75 Å². The summed E-state index contributed by atoms with van der Waals surface area (Å²) in [6, 6.07) is 5.32. The van der Waals surface area contributed by atoms with E-state index < -0.39 is 12.0 Å². The van der Waals surface area contributed by atoms with E-state index in [4.69, 9.17) is 4.11 Å². The quantitative estimate of drug-likeness (QED) is 0.482. The molecule has 58 valence electrons. The number of benzene rings is 1. The molecular formula is C7H7NO3. The van der Waals surface area contributed by atoms with Crippen LogP contribution in [0.3, 0.4) is 0 Å². The van der Waals surface area contributed by atoms with Crippen molar-refractivity contribution in [2.45, 2.75) is 0 Å². The molecule has 0 aliphatic rings. The second kappa shape index (κ2) is 3.01. The number of ether oxygens (including phenoxy) is 1. The summed E-state index contributed by atoms with van der Waals surface area (Å²) in [4.78, 5) is 9.76. The van der Waals surface area contributed by atoms with Gasteiger partial charge in [0, 0.05) is 6.07 Å². The van der Waals surface area contributed by atoms with Gasteiger partial charge in [0.05, 0.1) is 16.1 Å². The highest BCUT2D eigenvalue weighted by Gasteiger charge is 2.11. The molecule has 0 aliphatic heterocycles. The Morgan fingerprint density at radius 2 is 2.36 bits per heavy atom. The molecule has 0 atom stereocenters. The van der Waals surface area contributed by atoms with E-state index in [2.05, 4.69) is 4.74 Å². The molecule has 1 rings (SSSR count). The van der Waals surface area contributed by atoms with Gasteiger partial charge in [-0.1, -0.05) is 12.1 Å². The van der Waals surface area contributed by atoms with E-state index in [0.29, 0.717) is 0 Å². The van der Waals surface area contributed by atoms with Crippen molar-refractivity contribution in [3.8, 4) is 5.75 Å². The maximum absolute atomic E-state index is 10.4. The molecule has 0 spiro atoms. The first-order chi connectivity index (χ1) is 6.40. The Bertz CT molecular complexity index is 350. The minimum absolute atomic E-state index is 0.252. The molecule has 0 saturated heterocycles. The Hall–Kier alpha value is -1.58. The minimum Gasteiger partial charge on any atom is -0.490 e. The fourth-order valence-electron chi connectivity index (χ4n) is 0.694. The molecule has 0 aromatic heterocycles. The second-order valence-corrected chi connectivity index (χ2v) is 1.83. The fourth-order valence-corrected chi connectivity index (χ4v) is 0.694. The molecule has 0 amide bonds. The molecule has 0 bridgehead atoms. The Labute approximate surface area is 67.8 Å². The summed E-state index contributed by atoms with van der Waals surface area (Å²) in [6.07, 6.45) is 0. The summed E-state index contributed by atoms with van der Waals surface area (Å²) in [5.74, 6) is -0.252. The van der Waals surface area contributed by atoms with Crippen molar-refractivity contribution in [1.82, 2.24) is 0 Å². The molecule has 1 aromatic rings. The van der Waals surface area contributed by atoms with Crippen LogP contribution in [0, 0.1) is 10.1 Å². The third-order valence-electron chi connectivity index (χ3n) is 1.17. The zero-order chi connectivity index (χ0) is 10.8. The average molecular weight is 156 g/mol. The maximum atomic E-state index is 10.4. The van der Waals surface area contributed by atoms with Gasteiger partial charge in [-0.25, -0.2) is 0 Å². The Morgan fingerprint density at radius 1 is 1.64 bits per heavy atom. The van der Waals surface area contributed by atoms with Gasteiger partial charge in [-0.2, -0.15) is 0 Å². The Kier molecular flexibility index (Phi) is 1.18. The summed E-state index contributed by atoms with van der Waals surface area (Å²) < 4.78 is 24.8. The van der Waals surface area contributed by atoms with Gasteiger partial charge in [-0.05, 0) is 6.07 Å². The van der Waals surface area contributed by atoms with E-state index in [0.717, 1.165) is 0 Å². The molecule has 1 aromatic carbocycles. The number of methoxy groups -OCH3 is 1. The average Bonchev–Trinajstić information content (AvgIpc) is 2.01. The highest BCUT2D eigenvalue weighted by Crippen LogP contribution is 2.24. The van der Waals surface area contributed by atoms with E-state index in [1.54, 1.807) is 0 Å². The zero-order valence-corrected chi connectivity index (χ0v) is 5.48.